The number of aromatic nitrogens is 2. The third-order valence-corrected chi connectivity index (χ3v) is 11.3. The van der Waals surface area contributed by atoms with E-state index in [1.165, 1.54) is 65.7 Å². The molecule has 1 aliphatic rings. The molecule has 1 aliphatic carbocycles. The second-order valence-corrected chi connectivity index (χ2v) is 13.9. The highest BCUT2D eigenvalue weighted by Gasteiger charge is 2.46. The molecule has 1 heterocycles. The van der Waals surface area contributed by atoms with E-state index in [1.54, 1.807) is 0 Å². The lowest BCUT2D eigenvalue weighted by atomic mass is 9.67. The van der Waals surface area contributed by atoms with Gasteiger partial charge in [0, 0.05) is 11.3 Å². The highest BCUT2D eigenvalue weighted by molar-refractivity contribution is 6.25. The smallest absolute Gasteiger partial charge is 0.145 e. The summed E-state index contributed by atoms with van der Waals surface area (Å²) in [6, 6.07) is 71.1. The highest BCUT2D eigenvalue weighted by atomic mass is 15.1. The molecule has 0 fully saturated rings. The van der Waals surface area contributed by atoms with Crippen LogP contribution in [-0.4, -0.2) is 9.55 Å². The van der Waals surface area contributed by atoms with Gasteiger partial charge in [0.1, 0.15) is 5.82 Å². The highest BCUT2D eigenvalue weighted by Crippen LogP contribution is 2.57. The number of hydrogen-bond donors (Lipinski definition) is 0. The Morgan fingerprint density at radius 1 is 0.385 bits per heavy atom. The van der Waals surface area contributed by atoms with Gasteiger partial charge in [-0.2, -0.15) is 0 Å². The maximum atomic E-state index is 5.29. The Labute approximate surface area is 301 Å². The predicted octanol–water partition coefficient (Wildman–Crippen LogP) is 12.5. The Kier molecular flexibility index (Phi) is 6.20. The summed E-state index contributed by atoms with van der Waals surface area (Å²) in [6.07, 6.45) is 0. The van der Waals surface area contributed by atoms with Gasteiger partial charge >= 0.3 is 0 Å². The first-order valence-corrected chi connectivity index (χ1v) is 18.0. The number of benzene rings is 9. The van der Waals surface area contributed by atoms with Crippen LogP contribution in [0.1, 0.15) is 22.3 Å². The van der Waals surface area contributed by atoms with Crippen molar-refractivity contribution in [3.05, 3.63) is 216 Å². The summed E-state index contributed by atoms with van der Waals surface area (Å²) in [7, 11) is 0. The molecule has 2 heteroatoms. The van der Waals surface area contributed by atoms with E-state index in [0.29, 0.717) is 0 Å². The summed E-state index contributed by atoms with van der Waals surface area (Å²) in [5.74, 6) is 0.934. The molecule has 1 atom stereocenters. The molecule has 0 bridgehead atoms. The van der Waals surface area contributed by atoms with Gasteiger partial charge in [-0.1, -0.05) is 158 Å². The van der Waals surface area contributed by atoms with Crippen LogP contribution in [0.3, 0.4) is 0 Å². The Bertz CT molecular complexity index is 2980. The molecule has 0 radical (unpaired) electrons. The maximum Gasteiger partial charge on any atom is 0.145 e. The van der Waals surface area contributed by atoms with Crippen molar-refractivity contribution in [3.8, 4) is 28.2 Å². The monoisotopic (exact) mass is 660 g/mol. The third-order valence-electron chi connectivity index (χ3n) is 11.3. The molecule has 0 saturated heterocycles. The number of hydrogen-bond acceptors (Lipinski definition) is 1. The van der Waals surface area contributed by atoms with Gasteiger partial charge in [0.2, 0.25) is 0 Å². The molecule has 0 amide bonds. The van der Waals surface area contributed by atoms with E-state index in [9.17, 15) is 0 Å². The summed E-state index contributed by atoms with van der Waals surface area (Å²) in [4.78, 5) is 5.29. The molecular formula is C50H32N2. The lowest BCUT2D eigenvalue weighted by Crippen LogP contribution is -2.28. The Balaban J connectivity index is 1.25. The molecule has 52 heavy (non-hydrogen) atoms. The standard InChI is InChI=1S/C50H32N2/c1-3-15-34(16-4-1)50(35-28-30-41-39-21-8-7-19-37(39)38-20-9-10-22-40(38)44(41)32-35)45-24-12-11-23-42(45)43-29-27-33(31-46(43)50)49-51-47-25-13-14-26-48(47)52(49)36-17-5-2-6-18-36/h1-32H. The van der Waals surface area contributed by atoms with Crippen LogP contribution >= 0.6 is 0 Å². The zero-order chi connectivity index (χ0) is 34.2. The molecule has 0 spiro atoms. The van der Waals surface area contributed by atoms with E-state index in [-0.39, 0.29) is 0 Å². The summed E-state index contributed by atoms with van der Waals surface area (Å²) >= 11 is 0. The zero-order valence-corrected chi connectivity index (χ0v) is 28.4. The zero-order valence-electron chi connectivity index (χ0n) is 28.4. The Morgan fingerprint density at radius 3 is 1.71 bits per heavy atom. The molecule has 1 unspecified atom stereocenters. The largest absolute Gasteiger partial charge is 0.292 e. The molecule has 1 aromatic heterocycles. The summed E-state index contributed by atoms with van der Waals surface area (Å²) in [5, 5.41) is 7.68. The van der Waals surface area contributed by atoms with Crippen LogP contribution < -0.4 is 0 Å². The minimum absolute atomic E-state index is 0.562. The lowest BCUT2D eigenvalue weighted by molar-refractivity contribution is 0.770. The quantitative estimate of drug-likeness (QED) is 0.172. The van der Waals surface area contributed by atoms with Crippen LogP contribution in [0.4, 0.5) is 0 Å². The maximum absolute atomic E-state index is 5.29. The minimum atomic E-state index is -0.562. The van der Waals surface area contributed by atoms with Crippen molar-refractivity contribution in [1.82, 2.24) is 9.55 Å². The first kappa shape index (κ1) is 29.0. The molecule has 0 N–H and O–H groups in total. The van der Waals surface area contributed by atoms with Crippen LogP contribution in [-0.2, 0) is 5.41 Å². The average Bonchev–Trinajstić information content (AvgIpc) is 3.76. The van der Waals surface area contributed by atoms with Crippen molar-refractivity contribution in [1.29, 1.82) is 0 Å². The number of rotatable bonds is 4. The Hall–Kier alpha value is -6.77. The summed E-state index contributed by atoms with van der Waals surface area (Å²) in [6.45, 7) is 0. The molecular weight excluding hydrogens is 629 g/mol. The van der Waals surface area contributed by atoms with Gasteiger partial charge in [-0.15, -0.1) is 0 Å². The van der Waals surface area contributed by atoms with Gasteiger partial charge < -0.3 is 0 Å². The van der Waals surface area contributed by atoms with Crippen molar-refractivity contribution in [2.45, 2.75) is 5.41 Å². The van der Waals surface area contributed by atoms with E-state index in [0.717, 1.165) is 28.1 Å². The fraction of sp³-hybridized carbons (Fsp3) is 0.0200. The second-order valence-electron chi connectivity index (χ2n) is 13.9. The second kappa shape index (κ2) is 11.1. The summed E-state index contributed by atoms with van der Waals surface area (Å²) < 4.78 is 2.30. The van der Waals surface area contributed by atoms with Crippen molar-refractivity contribution >= 4 is 43.4 Å². The van der Waals surface area contributed by atoms with Gasteiger partial charge in [0.15, 0.2) is 0 Å². The van der Waals surface area contributed by atoms with Crippen LogP contribution in [0.2, 0.25) is 0 Å². The van der Waals surface area contributed by atoms with Crippen molar-refractivity contribution in [2.75, 3.05) is 0 Å². The molecule has 11 rings (SSSR count). The Morgan fingerprint density at radius 2 is 0.962 bits per heavy atom. The fourth-order valence-electron chi connectivity index (χ4n) is 9.09. The molecule has 9 aromatic carbocycles. The van der Waals surface area contributed by atoms with Crippen LogP contribution in [0.25, 0.3) is 71.6 Å². The van der Waals surface area contributed by atoms with Crippen molar-refractivity contribution in [3.63, 3.8) is 0 Å². The van der Waals surface area contributed by atoms with Gasteiger partial charge in [-0.25, -0.2) is 4.98 Å². The third kappa shape index (κ3) is 3.98. The van der Waals surface area contributed by atoms with Gasteiger partial charge in [0.25, 0.3) is 0 Å². The van der Waals surface area contributed by atoms with Gasteiger partial charge in [-0.05, 0) is 102 Å². The van der Waals surface area contributed by atoms with Crippen molar-refractivity contribution < 1.29 is 0 Å². The van der Waals surface area contributed by atoms with Crippen LogP contribution in [0.15, 0.2) is 194 Å². The average molecular weight is 661 g/mol. The first-order chi connectivity index (χ1) is 25.8. The number of fused-ring (bicyclic) bond motifs is 10. The molecule has 10 aromatic rings. The number of para-hydroxylation sites is 3. The lowest BCUT2D eigenvalue weighted by Gasteiger charge is -2.34. The normalized spacial score (nSPS) is 15.0. The van der Waals surface area contributed by atoms with E-state index >= 15 is 0 Å². The molecule has 0 aliphatic heterocycles. The molecule has 0 saturated carbocycles. The summed E-state index contributed by atoms with van der Waals surface area (Å²) in [5.41, 5.74) is 11.3. The SMILES string of the molecule is c1ccc(-n2c(-c3ccc4c(c3)C(c3ccccc3)(c3ccc5c6ccccc6c6ccccc6c5c3)c3ccccc3-4)nc3ccccc32)cc1. The van der Waals surface area contributed by atoms with E-state index in [4.69, 9.17) is 4.98 Å². The molecule has 2 nitrogen and oxygen atoms in total. The topological polar surface area (TPSA) is 17.8 Å². The van der Waals surface area contributed by atoms with Gasteiger partial charge in [-0.3, -0.25) is 4.57 Å². The number of nitrogens with zero attached hydrogens (tertiary/aromatic N) is 2. The van der Waals surface area contributed by atoms with E-state index in [2.05, 4.69) is 199 Å². The minimum Gasteiger partial charge on any atom is -0.292 e. The number of imidazole rings is 1. The van der Waals surface area contributed by atoms with Crippen LogP contribution in [0.5, 0.6) is 0 Å². The van der Waals surface area contributed by atoms with E-state index < -0.39 is 5.41 Å². The van der Waals surface area contributed by atoms with Gasteiger partial charge in [0.05, 0.1) is 16.4 Å². The van der Waals surface area contributed by atoms with Crippen molar-refractivity contribution in [2.24, 2.45) is 0 Å². The fourth-order valence-corrected chi connectivity index (χ4v) is 9.09. The van der Waals surface area contributed by atoms with E-state index in [1.807, 2.05) is 0 Å². The molecule has 242 valence electrons. The first-order valence-electron chi connectivity index (χ1n) is 18.0. The van der Waals surface area contributed by atoms with Crippen LogP contribution in [0, 0.1) is 0 Å². The predicted molar refractivity (Wildman–Crippen MR) is 216 cm³/mol.